The number of fused-ring (bicyclic) bond motifs is 1. The number of hydrogen-bond acceptors (Lipinski definition) is 5. The Hall–Kier alpha value is -2.41. The SMILES string of the molecule is O=c1[nH]c2cncnc2n1[C@H]1CCN(Cc2ccoc2)C1. The highest BCUT2D eigenvalue weighted by Gasteiger charge is 2.27. The lowest BCUT2D eigenvalue weighted by Crippen LogP contribution is -2.26. The van der Waals surface area contributed by atoms with Gasteiger partial charge in [-0.05, 0) is 12.5 Å². The van der Waals surface area contributed by atoms with Crippen LogP contribution in [-0.2, 0) is 6.54 Å². The van der Waals surface area contributed by atoms with Crippen molar-refractivity contribution in [3.8, 4) is 0 Å². The van der Waals surface area contributed by atoms with Crippen LogP contribution in [0.1, 0.15) is 18.0 Å². The highest BCUT2D eigenvalue weighted by Crippen LogP contribution is 2.24. The topological polar surface area (TPSA) is 80.0 Å². The van der Waals surface area contributed by atoms with Gasteiger partial charge in [-0.25, -0.2) is 14.8 Å². The van der Waals surface area contributed by atoms with Gasteiger partial charge >= 0.3 is 5.69 Å². The van der Waals surface area contributed by atoms with Gasteiger partial charge in [-0.15, -0.1) is 0 Å². The molecule has 1 N–H and O–H groups in total. The van der Waals surface area contributed by atoms with Crippen molar-refractivity contribution in [2.75, 3.05) is 13.1 Å². The van der Waals surface area contributed by atoms with Gasteiger partial charge < -0.3 is 9.40 Å². The third-order valence-electron chi connectivity index (χ3n) is 3.98. The molecule has 0 saturated carbocycles. The zero-order valence-corrected chi connectivity index (χ0v) is 11.4. The van der Waals surface area contributed by atoms with Crippen LogP contribution in [0.3, 0.4) is 0 Å². The van der Waals surface area contributed by atoms with E-state index in [0.29, 0.717) is 11.2 Å². The zero-order valence-electron chi connectivity index (χ0n) is 11.4. The number of nitrogens with one attached hydrogen (secondary N) is 1. The molecule has 4 rings (SSSR count). The molecule has 7 nitrogen and oxygen atoms in total. The van der Waals surface area contributed by atoms with Crippen LogP contribution in [0.25, 0.3) is 11.2 Å². The van der Waals surface area contributed by atoms with E-state index in [4.69, 9.17) is 4.42 Å². The molecule has 7 heteroatoms. The Bertz CT molecular complexity index is 804. The molecule has 3 aromatic heterocycles. The van der Waals surface area contributed by atoms with E-state index < -0.39 is 0 Å². The molecule has 21 heavy (non-hydrogen) atoms. The Morgan fingerprint density at radius 2 is 2.43 bits per heavy atom. The second-order valence-electron chi connectivity index (χ2n) is 5.37. The van der Waals surface area contributed by atoms with Crippen LogP contribution < -0.4 is 5.69 Å². The minimum atomic E-state index is -0.110. The van der Waals surface area contributed by atoms with E-state index in [1.165, 1.54) is 6.33 Å². The van der Waals surface area contributed by atoms with E-state index in [2.05, 4.69) is 19.9 Å². The number of furan rings is 1. The fraction of sp³-hybridized carbons (Fsp3) is 0.357. The van der Waals surface area contributed by atoms with Gasteiger partial charge in [0.05, 0.1) is 24.8 Å². The Morgan fingerprint density at radius 3 is 3.29 bits per heavy atom. The highest BCUT2D eigenvalue weighted by atomic mass is 16.3. The molecular weight excluding hydrogens is 270 g/mol. The summed E-state index contributed by atoms with van der Waals surface area (Å²) in [6, 6.07) is 2.12. The lowest BCUT2D eigenvalue weighted by molar-refractivity contribution is 0.315. The number of H-pyrrole nitrogens is 1. The van der Waals surface area contributed by atoms with Gasteiger partial charge in [-0.1, -0.05) is 0 Å². The van der Waals surface area contributed by atoms with Crippen molar-refractivity contribution in [1.82, 2.24) is 24.4 Å². The van der Waals surface area contributed by atoms with Crippen LogP contribution in [0.2, 0.25) is 0 Å². The maximum absolute atomic E-state index is 12.2. The van der Waals surface area contributed by atoms with Crippen LogP contribution in [0, 0.1) is 0 Å². The fourth-order valence-corrected chi connectivity index (χ4v) is 3.02. The summed E-state index contributed by atoms with van der Waals surface area (Å²) in [5, 5.41) is 0. The largest absolute Gasteiger partial charge is 0.472 e. The number of rotatable bonds is 3. The van der Waals surface area contributed by atoms with E-state index in [1.54, 1.807) is 23.3 Å². The number of imidazole rings is 1. The fourth-order valence-electron chi connectivity index (χ4n) is 3.02. The monoisotopic (exact) mass is 285 g/mol. The lowest BCUT2D eigenvalue weighted by atomic mass is 10.2. The Balaban J connectivity index is 1.59. The van der Waals surface area contributed by atoms with Crippen molar-refractivity contribution in [1.29, 1.82) is 0 Å². The Labute approximate surface area is 120 Å². The van der Waals surface area contributed by atoms with Crippen molar-refractivity contribution in [2.45, 2.75) is 19.0 Å². The maximum Gasteiger partial charge on any atom is 0.328 e. The molecule has 4 heterocycles. The van der Waals surface area contributed by atoms with Crippen LogP contribution in [0.15, 0.2) is 40.3 Å². The molecule has 0 aromatic carbocycles. The average molecular weight is 285 g/mol. The molecule has 1 aliphatic heterocycles. The smallest absolute Gasteiger partial charge is 0.328 e. The first-order chi connectivity index (χ1) is 10.3. The van der Waals surface area contributed by atoms with E-state index >= 15 is 0 Å². The molecular formula is C14H15N5O2. The lowest BCUT2D eigenvalue weighted by Gasteiger charge is -2.15. The summed E-state index contributed by atoms with van der Waals surface area (Å²) in [5.74, 6) is 0. The maximum atomic E-state index is 12.2. The van der Waals surface area contributed by atoms with Crippen molar-refractivity contribution < 1.29 is 4.42 Å². The normalized spacial score (nSPS) is 19.5. The quantitative estimate of drug-likeness (QED) is 0.781. The van der Waals surface area contributed by atoms with Crippen molar-refractivity contribution in [3.05, 3.63) is 47.2 Å². The molecule has 1 saturated heterocycles. The summed E-state index contributed by atoms with van der Waals surface area (Å²) < 4.78 is 6.85. The molecule has 1 aliphatic rings. The first-order valence-corrected chi connectivity index (χ1v) is 6.95. The molecule has 108 valence electrons. The summed E-state index contributed by atoms with van der Waals surface area (Å²) in [7, 11) is 0. The Kier molecular flexibility index (Phi) is 2.85. The average Bonchev–Trinajstić information content (AvgIpc) is 3.18. The van der Waals surface area contributed by atoms with Gasteiger partial charge in [0.1, 0.15) is 11.8 Å². The summed E-state index contributed by atoms with van der Waals surface area (Å²) in [6.45, 7) is 2.64. The van der Waals surface area contributed by atoms with Gasteiger partial charge in [0.25, 0.3) is 0 Å². The van der Waals surface area contributed by atoms with Crippen LogP contribution in [0.5, 0.6) is 0 Å². The molecule has 0 aliphatic carbocycles. The van der Waals surface area contributed by atoms with Crippen LogP contribution in [-0.4, -0.2) is 37.5 Å². The van der Waals surface area contributed by atoms with Gasteiger partial charge in [-0.2, -0.15) is 0 Å². The zero-order chi connectivity index (χ0) is 14.2. The first kappa shape index (κ1) is 12.3. The molecule has 1 fully saturated rings. The highest BCUT2D eigenvalue weighted by molar-refractivity contribution is 5.69. The number of aromatic amines is 1. The standard InChI is InChI=1S/C14H15N5O2/c20-14-17-12-5-15-9-16-13(12)19(14)11-1-3-18(7-11)6-10-2-4-21-8-10/h2,4-5,8-9,11H,1,3,6-7H2,(H,17,20)/t11-/m0/s1. The minimum absolute atomic E-state index is 0.110. The van der Waals surface area contributed by atoms with Crippen molar-refractivity contribution >= 4 is 11.2 Å². The van der Waals surface area contributed by atoms with Crippen molar-refractivity contribution in [2.24, 2.45) is 0 Å². The second kappa shape index (κ2) is 4.85. The van der Waals surface area contributed by atoms with Gasteiger partial charge in [-0.3, -0.25) is 9.47 Å². The van der Waals surface area contributed by atoms with Crippen LogP contribution >= 0.6 is 0 Å². The second-order valence-corrected chi connectivity index (χ2v) is 5.37. The molecule has 3 aromatic rings. The number of nitrogens with zero attached hydrogens (tertiary/aromatic N) is 4. The van der Waals surface area contributed by atoms with E-state index in [1.807, 2.05) is 6.07 Å². The van der Waals surface area contributed by atoms with E-state index in [9.17, 15) is 4.79 Å². The molecule has 0 bridgehead atoms. The predicted molar refractivity (Wildman–Crippen MR) is 75.8 cm³/mol. The summed E-state index contributed by atoms with van der Waals surface area (Å²) >= 11 is 0. The summed E-state index contributed by atoms with van der Waals surface area (Å²) in [4.78, 5) is 25.5. The molecule has 0 unspecified atom stereocenters. The summed E-state index contributed by atoms with van der Waals surface area (Å²) in [5.41, 5.74) is 2.42. The number of hydrogen-bond donors (Lipinski definition) is 1. The predicted octanol–water partition coefficient (Wildman–Crippen LogP) is 1.16. The number of likely N-dealkylation sites (tertiary alicyclic amines) is 1. The Morgan fingerprint density at radius 1 is 1.48 bits per heavy atom. The molecule has 0 radical (unpaired) electrons. The van der Waals surface area contributed by atoms with Crippen molar-refractivity contribution in [3.63, 3.8) is 0 Å². The molecule has 0 amide bonds. The van der Waals surface area contributed by atoms with Gasteiger partial charge in [0.15, 0.2) is 5.65 Å². The van der Waals surface area contributed by atoms with E-state index in [0.717, 1.165) is 31.6 Å². The van der Waals surface area contributed by atoms with Gasteiger partial charge in [0.2, 0.25) is 0 Å². The van der Waals surface area contributed by atoms with Crippen LogP contribution in [0.4, 0.5) is 0 Å². The summed E-state index contributed by atoms with van der Waals surface area (Å²) in [6.07, 6.45) is 7.50. The number of aromatic nitrogens is 4. The van der Waals surface area contributed by atoms with Gasteiger partial charge in [0, 0.05) is 25.2 Å². The third kappa shape index (κ3) is 2.15. The first-order valence-electron chi connectivity index (χ1n) is 6.95. The molecule has 0 spiro atoms. The third-order valence-corrected chi connectivity index (χ3v) is 3.98. The minimum Gasteiger partial charge on any atom is -0.472 e. The van der Waals surface area contributed by atoms with E-state index in [-0.39, 0.29) is 11.7 Å². The molecule has 1 atom stereocenters.